The molecule has 8 rings (SSSR count). The Kier molecular flexibility index (Phi) is 7.44. The molecule has 0 radical (unpaired) electrons. The summed E-state index contributed by atoms with van der Waals surface area (Å²) in [5, 5.41) is 9.75. The van der Waals surface area contributed by atoms with Crippen molar-refractivity contribution in [2.75, 3.05) is 0 Å². The molecule has 48 heavy (non-hydrogen) atoms. The first-order valence-corrected chi connectivity index (χ1v) is 16.9. The van der Waals surface area contributed by atoms with Gasteiger partial charge in [-0.1, -0.05) is 123 Å². The molecule has 234 valence electrons. The third kappa shape index (κ3) is 5.09. The molecule has 1 N–H and O–H groups in total. The minimum absolute atomic E-state index is 0.216. The average molecular weight is 623 g/mol. The fourth-order valence-electron chi connectivity index (χ4n) is 7.50. The highest BCUT2D eigenvalue weighted by atomic mass is 14.9. The number of fused-ring (bicyclic) bond motifs is 4. The summed E-state index contributed by atoms with van der Waals surface area (Å²) >= 11 is 0. The summed E-state index contributed by atoms with van der Waals surface area (Å²) in [4.78, 5) is 15.2. The van der Waals surface area contributed by atoms with Crippen LogP contribution in [0.2, 0.25) is 0 Å². The maximum absolute atomic E-state index is 8.67. The molecule has 0 bridgehead atoms. The van der Waals surface area contributed by atoms with Crippen LogP contribution in [0.3, 0.4) is 0 Å². The van der Waals surface area contributed by atoms with Gasteiger partial charge >= 0.3 is 0 Å². The Bertz CT molecular complexity index is 2290. The van der Waals surface area contributed by atoms with E-state index in [0.29, 0.717) is 5.84 Å². The highest BCUT2D eigenvalue weighted by molar-refractivity contribution is 6.13. The Hall–Kier alpha value is -5.48. The summed E-state index contributed by atoms with van der Waals surface area (Å²) in [6, 6.07) is 30.2. The first-order valence-electron chi connectivity index (χ1n) is 16.9. The van der Waals surface area contributed by atoms with Crippen LogP contribution in [0, 0.1) is 5.41 Å². The molecule has 0 unspecified atom stereocenters. The lowest BCUT2D eigenvalue weighted by molar-refractivity contribution is 0.660. The van der Waals surface area contributed by atoms with Gasteiger partial charge in [0, 0.05) is 27.6 Å². The van der Waals surface area contributed by atoms with Crippen LogP contribution in [-0.4, -0.2) is 21.5 Å². The van der Waals surface area contributed by atoms with E-state index >= 15 is 0 Å². The van der Waals surface area contributed by atoms with E-state index in [2.05, 4.69) is 123 Å². The Balaban J connectivity index is 1.24. The van der Waals surface area contributed by atoms with E-state index in [4.69, 9.17) is 20.4 Å². The Morgan fingerprint density at radius 2 is 1.62 bits per heavy atom. The van der Waals surface area contributed by atoms with Crippen LogP contribution in [0.15, 0.2) is 132 Å². The molecule has 4 aromatic carbocycles. The summed E-state index contributed by atoms with van der Waals surface area (Å²) in [6.07, 6.45) is 16.8. The van der Waals surface area contributed by atoms with Crippen LogP contribution in [0.1, 0.15) is 68.8 Å². The number of allylic oxidation sites excluding steroid dienone is 7. The van der Waals surface area contributed by atoms with Gasteiger partial charge in [-0.25, -0.2) is 15.0 Å². The summed E-state index contributed by atoms with van der Waals surface area (Å²) in [5.41, 5.74) is 14.1. The second-order valence-corrected chi connectivity index (χ2v) is 13.4. The van der Waals surface area contributed by atoms with Crippen molar-refractivity contribution >= 4 is 28.0 Å². The largest absolute Gasteiger partial charge is 0.283 e. The molecule has 3 aliphatic rings. The van der Waals surface area contributed by atoms with Crippen molar-refractivity contribution in [3.05, 3.63) is 149 Å². The predicted octanol–water partition coefficient (Wildman–Crippen LogP) is 11.1. The quantitative estimate of drug-likeness (QED) is 0.157. The lowest BCUT2D eigenvalue weighted by Crippen LogP contribution is -2.15. The second-order valence-electron chi connectivity index (χ2n) is 13.4. The van der Waals surface area contributed by atoms with Crippen LogP contribution >= 0.6 is 0 Å². The highest BCUT2D eigenvalue weighted by Gasteiger charge is 2.37. The summed E-state index contributed by atoms with van der Waals surface area (Å²) in [5.74, 6) is 1.11. The maximum Gasteiger partial charge on any atom is 0.161 e. The standard InChI is InChI=1S/C44H38N4/c1-28(46-42(45)30-17-8-5-9-18-30)32-19-10-11-20-33(32)31-25-26-34-38(27-31)44(2,3)37-23-14-22-36(40(34)37)43-47-39-24-13-12-21-35(39)41(48-43)29-15-6-4-7-16-29/h5-6,8,10-17,19-27,45H,4,7,9,18H2,1-3H3. The first-order chi connectivity index (χ1) is 23.4. The van der Waals surface area contributed by atoms with Gasteiger partial charge in [-0.2, -0.15) is 0 Å². The van der Waals surface area contributed by atoms with E-state index in [1.165, 1.54) is 27.8 Å². The van der Waals surface area contributed by atoms with Gasteiger partial charge in [0.05, 0.1) is 11.2 Å². The number of aromatic nitrogens is 2. The van der Waals surface area contributed by atoms with Crippen molar-refractivity contribution < 1.29 is 0 Å². The normalized spacial score (nSPS) is 16.4. The lowest BCUT2D eigenvalue weighted by Gasteiger charge is -2.22. The van der Waals surface area contributed by atoms with E-state index < -0.39 is 0 Å². The number of nitrogens with zero attached hydrogens (tertiary/aromatic N) is 3. The molecule has 0 saturated carbocycles. The van der Waals surface area contributed by atoms with Gasteiger partial charge < -0.3 is 0 Å². The minimum atomic E-state index is -0.216. The van der Waals surface area contributed by atoms with Crippen molar-refractivity contribution in [1.82, 2.24) is 9.97 Å². The zero-order valence-electron chi connectivity index (χ0n) is 27.7. The van der Waals surface area contributed by atoms with Gasteiger partial charge in [0.25, 0.3) is 0 Å². The van der Waals surface area contributed by atoms with Crippen molar-refractivity contribution in [2.24, 2.45) is 4.99 Å². The fraction of sp³-hybridized carbons (Fsp3) is 0.182. The van der Waals surface area contributed by atoms with Crippen LogP contribution in [0.25, 0.3) is 50.1 Å². The lowest BCUT2D eigenvalue weighted by atomic mass is 9.81. The maximum atomic E-state index is 8.67. The van der Waals surface area contributed by atoms with E-state index in [0.717, 1.165) is 81.6 Å². The number of nitrogens with one attached hydrogen (secondary N) is 1. The number of hydrogen-bond donors (Lipinski definition) is 1. The topological polar surface area (TPSA) is 62.0 Å². The molecular weight excluding hydrogens is 585 g/mol. The van der Waals surface area contributed by atoms with Gasteiger partial charge in [-0.3, -0.25) is 5.41 Å². The third-order valence-corrected chi connectivity index (χ3v) is 10.0. The number of amidine groups is 1. The van der Waals surface area contributed by atoms with Gasteiger partial charge in [0.2, 0.25) is 0 Å². The summed E-state index contributed by atoms with van der Waals surface area (Å²) in [7, 11) is 0. The number of para-hydroxylation sites is 1. The van der Waals surface area contributed by atoms with E-state index in [1.807, 2.05) is 19.1 Å². The molecule has 3 aliphatic carbocycles. The van der Waals surface area contributed by atoms with Crippen LogP contribution in [0.5, 0.6) is 0 Å². The molecule has 5 aromatic rings. The molecule has 4 heteroatoms. The number of rotatable bonds is 5. The fourth-order valence-corrected chi connectivity index (χ4v) is 7.50. The molecule has 0 spiro atoms. The molecule has 4 nitrogen and oxygen atoms in total. The van der Waals surface area contributed by atoms with E-state index in [9.17, 15) is 0 Å². The minimum Gasteiger partial charge on any atom is -0.283 e. The van der Waals surface area contributed by atoms with Crippen LogP contribution in [-0.2, 0) is 5.41 Å². The van der Waals surface area contributed by atoms with Gasteiger partial charge in [0.1, 0.15) is 5.84 Å². The monoisotopic (exact) mass is 622 g/mol. The molecule has 1 aromatic heterocycles. The zero-order valence-corrected chi connectivity index (χ0v) is 27.7. The first kappa shape index (κ1) is 29.9. The van der Waals surface area contributed by atoms with Crippen molar-refractivity contribution in [3.63, 3.8) is 0 Å². The molecule has 0 saturated heterocycles. The van der Waals surface area contributed by atoms with E-state index in [1.54, 1.807) is 0 Å². The number of aliphatic imine (C=N–C) groups is 1. The highest BCUT2D eigenvalue weighted by Crippen LogP contribution is 2.52. The SMILES string of the molecule is CC(=NC(=N)C1=CC=CCC1)c1ccccc1-c1ccc2c(c1)C(C)(C)c1cccc(-c3nc(C4=CCCC=C4)c4ccccc4n3)c1-2. The molecule has 0 aliphatic heterocycles. The van der Waals surface area contributed by atoms with Gasteiger partial charge in [-0.15, -0.1) is 0 Å². The average Bonchev–Trinajstić information content (AvgIpc) is 3.37. The Morgan fingerprint density at radius 3 is 2.46 bits per heavy atom. The zero-order chi connectivity index (χ0) is 32.8. The second kappa shape index (κ2) is 12.0. The number of hydrogen-bond acceptors (Lipinski definition) is 3. The molecule has 0 amide bonds. The van der Waals surface area contributed by atoms with Crippen molar-refractivity contribution in [2.45, 2.75) is 51.9 Å². The predicted molar refractivity (Wildman–Crippen MR) is 201 cm³/mol. The van der Waals surface area contributed by atoms with Crippen molar-refractivity contribution in [1.29, 1.82) is 5.41 Å². The molecule has 1 heterocycles. The third-order valence-electron chi connectivity index (χ3n) is 10.0. The molecule has 0 fully saturated rings. The van der Waals surface area contributed by atoms with Crippen molar-refractivity contribution in [3.8, 4) is 33.6 Å². The Labute approximate surface area is 282 Å². The Morgan fingerprint density at radius 1 is 0.792 bits per heavy atom. The smallest absolute Gasteiger partial charge is 0.161 e. The van der Waals surface area contributed by atoms with Gasteiger partial charge in [0.15, 0.2) is 5.82 Å². The molecular formula is C44H38N4. The summed E-state index contributed by atoms with van der Waals surface area (Å²) in [6.45, 7) is 6.66. The summed E-state index contributed by atoms with van der Waals surface area (Å²) < 4.78 is 0. The van der Waals surface area contributed by atoms with Crippen LogP contribution in [0.4, 0.5) is 0 Å². The van der Waals surface area contributed by atoms with Crippen LogP contribution < -0.4 is 0 Å². The van der Waals surface area contributed by atoms with Gasteiger partial charge in [-0.05, 0) is 89.3 Å². The molecule has 0 atom stereocenters. The van der Waals surface area contributed by atoms with E-state index in [-0.39, 0.29) is 5.41 Å². The number of benzene rings is 4.